The first-order chi connectivity index (χ1) is 9.20. The van der Waals surface area contributed by atoms with E-state index in [1.807, 2.05) is 37.3 Å². The highest BCUT2D eigenvalue weighted by atomic mass is 16.5. The van der Waals surface area contributed by atoms with E-state index in [2.05, 4.69) is 11.8 Å². The second kappa shape index (κ2) is 6.83. The van der Waals surface area contributed by atoms with Gasteiger partial charge in [-0.2, -0.15) is 0 Å². The Kier molecular flexibility index (Phi) is 5.11. The number of ketones is 1. The first-order valence-corrected chi connectivity index (χ1v) is 7.14. The van der Waals surface area contributed by atoms with Crippen molar-refractivity contribution in [3.63, 3.8) is 0 Å². The van der Waals surface area contributed by atoms with Gasteiger partial charge in [-0.1, -0.05) is 44.2 Å². The number of nitrogens with zero attached hydrogens (tertiary/aromatic N) is 1. The van der Waals surface area contributed by atoms with Crippen molar-refractivity contribution in [2.75, 3.05) is 26.2 Å². The minimum Gasteiger partial charge on any atom is -0.376 e. The van der Waals surface area contributed by atoms with Crippen LogP contribution in [0.5, 0.6) is 0 Å². The first-order valence-electron chi connectivity index (χ1n) is 7.14. The summed E-state index contributed by atoms with van der Waals surface area (Å²) in [5.41, 5.74) is 0.815. The van der Waals surface area contributed by atoms with E-state index in [1.54, 1.807) is 0 Å². The molecule has 1 aliphatic rings. The van der Waals surface area contributed by atoms with E-state index in [0.717, 1.165) is 38.2 Å². The van der Waals surface area contributed by atoms with E-state index in [1.165, 1.54) is 0 Å². The van der Waals surface area contributed by atoms with Crippen LogP contribution < -0.4 is 0 Å². The average molecular weight is 261 g/mol. The Morgan fingerprint density at radius 2 is 2.16 bits per heavy atom. The molecule has 0 aliphatic carbocycles. The second-order valence-electron chi connectivity index (χ2n) is 5.29. The summed E-state index contributed by atoms with van der Waals surface area (Å²) in [6.45, 7) is 7.66. The fourth-order valence-electron chi connectivity index (χ4n) is 2.55. The Morgan fingerprint density at radius 3 is 2.84 bits per heavy atom. The highest BCUT2D eigenvalue weighted by Crippen LogP contribution is 2.14. The van der Waals surface area contributed by atoms with Gasteiger partial charge >= 0.3 is 0 Å². The number of ether oxygens (including phenoxy) is 1. The molecule has 2 rings (SSSR count). The lowest BCUT2D eigenvalue weighted by Gasteiger charge is -2.33. The van der Waals surface area contributed by atoms with Crippen LogP contribution in [0, 0.1) is 5.92 Å². The average Bonchev–Trinajstić information content (AvgIpc) is 2.47. The molecule has 3 heteroatoms. The zero-order valence-corrected chi connectivity index (χ0v) is 11.8. The minimum absolute atomic E-state index is 0.0398. The van der Waals surface area contributed by atoms with Gasteiger partial charge in [0.15, 0.2) is 5.78 Å². The molecule has 2 unspecified atom stereocenters. The molecule has 0 spiro atoms. The van der Waals surface area contributed by atoms with Crippen LogP contribution in [0.4, 0.5) is 0 Å². The summed E-state index contributed by atoms with van der Waals surface area (Å²) in [4.78, 5) is 14.7. The lowest BCUT2D eigenvalue weighted by atomic mass is 9.98. The maximum atomic E-state index is 12.3. The smallest absolute Gasteiger partial charge is 0.166 e. The predicted octanol–water partition coefficient (Wildman–Crippen LogP) is 2.62. The lowest BCUT2D eigenvalue weighted by Crippen LogP contribution is -2.44. The molecular formula is C16H23NO2. The SMILES string of the molecule is CCC1CN(CC(C)C(=O)c2ccccc2)CCO1. The summed E-state index contributed by atoms with van der Waals surface area (Å²) in [7, 11) is 0. The van der Waals surface area contributed by atoms with Gasteiger partial charge in [0.2, 0.25) is 0 Å². The fourth-order valence-corrected chi connectivity index (χ4v) is 2.55. The number of Topliss-reactive ketones (excluding diaryl/α,β-unsaturated/α-hetero) is 1. The molecule has 1 saturated heterocycles. The van der Waals surface area contributed by atoms with E-state index in [-0.39, 0.29) is 11.7 Å². The molecule has 0 saturated carbocycles. The topological polar surface area (TPSA) is 29.5 Å². The molecule has 0 N–H and O–H groups in total. The zero-order chi connectivity index (χ0) is 13.7. The lowest BCUT2D eigenvalue weighted by molar-refractivity contribution is -0.0325. The number of carbonyl (C=O) groups is 1. The molecule has 0 amide bonds. The number of hydrogen-bond acceptors (Lipinski definition) is 3. The molecule has 0 bridgehead atoms. The van der Waals surface area contributed by atoms with Crippen molar-refractivity contribution in [2.24, 2.45) is 5.92 Å². The molecule has 3 nitrogen and oxygen atoms in total. The zero-order valence-electron chi connectivity index (χ0n) is 11.8. The van der Waals surface area contributed by atoms with Gasteiger partial charge in [-0.05, 0) is 6.42 Å². The molecule has 0 aromatic heterocycles. The normalized spacial score (nSPS) is 22.1. The monoisotopic (exact) mass is 261 g/mol. The van der Waals surface area contributed by atoms with Gasteiger partial charge in [-0.25, -0.2) is 0 Å². The third-order valence-electron chi connectivity index (χ3n) is 3.72. The molecule has 1 aromatic carbocycles. The van der Waals surface area contributed by atoms with Crippen LogP contribution in [0.25, 0.3) is 0 Å². The molecule has 104 valence electrons. The molecule has 19 heavy (non-hydrogen) atoms. The standard InChI is InChI=1S/C16H23NO2/c1-3-15-12-17(9-10-19-15)11-13(2)16(18)14-7-5-4-6-8-14/h4-8,13,15H,3,9-12H2,1-2H3. The Morgan fingerprint density at radius 1 is 1.42 bits per heavy atom. The van der Waals surface area contributed by atoms with E-state index in [9.17, 15) is 4.79 Å². The minimum atomic E-state index is 0.0398. The Hall–Kier alpha value is -1.19. The fraction of sp³-hybridized carbons (Fsp3) is 0.562. The van der Waals surface area contributed by atoms with Crippen molar-refractivity contribution in [2.45, 2.75) is 26.4 Å². The molecule has 1 heterocycles. The highest BCUT2D eigenvalue weighted by Gasteiger charge is 2.23. The van der Waals surface area contributed by atoms with Crippen LogP contribution in [-0.4, -0.2) is 43.0 Å². The number of morpholine rings is 1. The van der Waals surface area contributed by atoms with Crippen LogP contribution >= 0.6 is 0 Å². The van der Waals surface area contributed by atoms with Crippen LogP contribution in [0.15, 0.2) is 30.3 Å². The second-order valence-corrected chi connectivity index (χ2v) is 5.29. The van der Waals surface area contributed by atoms with Crippen LogP contribution in [0.2, 0.25) is 0 Å². The van der Waals surface area contributed by atoms with Gasteiger partial charge in [0.05, 0.1) is 12.7 Å². The molecule has 1 fully saturated rings. The third kappa shape index (κ3) is 3.88. The Bertz CT molecular complexity index is 404. The van der Waals surface area contributed by atoms with Gasteiger partial charge in [0, 0.05) is 31.1 Å². The molecular weight excluding hydrogens is 238 g/mol. The number of hydrogen-bond donors (Lipinski definition) is 0. The summed E-state index contributed by atoms with van der Waals surface area (Å²) in [5, 5.41) is 0. The van der Waals surface area contributed by atoms with Crippen molar-refractivity contribution < 1.29 is 9.53 Å². The summed E-state index contributed by atoms with van der Waals surface area (Å²) in [6, 6.07) is 9.57. The van der Waals surface area contributed by atoms with Crippen molar-refractivity contribution in [3.8, 4) is 0 Å². The number of benzene rings is 1. The van der Waals surface area contributed by atoms with Crippen molar-refractivity contribution in [3.05, 3.63) is 35.9 Å². The van der Waals surface area contributed by atoms with Gasteiger partial charge in [-0.15, -0.1) is 0 Å². The van der Waals surface area contributed by atoms with E-state index in [4.69, 9.17) is 4.74 Å². The largest absolute Gasteiger partial charge is 0.376 e. The summed E-state index contributed by atoms with van der Waals surface area (Å²) >= 11 is 0. The quantitative estimate of drug-likeness (QED) is 0.763. The summed E-state index contributed by atoms with van der Waals surface area (Å²) in [6.07, 6.45) is 1.37. The third-order valence-corrected chi connectivity index (χ3v) is 3.72. The molecule has 1 aliphatic heterocycles. The van der Waals surface area contributed by atoms with Crippen molar-refractivity contribution >= 4 is 5.78 Å². The first kappa shape index (κ1) is 14.2. The maximum Gasteiger partial charge on any atom is 0.166 e. The maximum absolute atomic E-state index is 12.3. The van der Waals surface area contributed by atoms with Crippen LogP contribution in [-0.2, 0) is 4.74 Å². The summed E-state index contributed by atoms with van der Waals surface area (Å²) in [5.74, 6) is 0.276. The summed E-state index contributed by atoms with van der Waals surface area (Å²) < 4.78 is 5.66. The van der Waals surface area contributed by atoms with E-state index >= 15 is 0 Å². The highest BCUT2D eigenvalue weighted by molar-refractivity contribution is 5.97. The van der Waals surface area contributed by atoms with Gasteiger partial charge in [0.1, 0.15) is 0 Å². The number of rotatable bonds is 5. The molecule has 2 atom stereocenters. The Balaban J connectivity index is 1.90. The predicted molar refractivity (Wildman–Crippen MR) is 76.4 cm³/mol. The van der Waals surface area contributed by atoms with E-state index < -0.39 is 0 Å². The van der Waals surface area contributed by atoms with Gasteiger partial charge in [0.25, 0.3) is 0 Å². The van der Waals surface area contributed by atoms with Gasteiger partial charge in [-0.3, -0.25) is 9.69 Å². The van der Waals surface area contributed by atoms with Gasteiger partial charge < -0.3 is 4.74 Å². The van der Waals surface area contributed by atoms with Crippen molar-refractivity contribution in [1.29, 1.82) is 0 Å². The van der Waals surface area contributed by atoms with E-state index in [0.29, 0.717) is 6.10 Å². The van der Waals surface area contributed by atoms with Crippen molar-refractivity contribution in [1.82, 2.24) is 4.90 Å². The van der Waals surface area contributed by atoms with Crippen LogP contribution in [0.1, 0.15) is 30.6 Å². The molecule has 0 radical (unpaired) electrons. The van der Waals surface area contributed by atoms with Crippen LogP contribution in [0.3, 0.4) is 0 Å². The molecule has 1 aromatic rings. The Labute approximate surface area is 115 Å². The number of carbonyl (C=O) groups excluding carboxylic acids is 1.